The molecule has 0 atom stereocenters. The third kappa shape index (κ3) is 4.12. The lowest BCUT2D eigenvalue weighted by molar-refractivity contribution is 0.303. The number of hydrogen-bond donors (Lipinski definition) is 1. The molecule has 0 saturated heterocycles. The minimum Gasteiger partial charge on any atom is -0.488 e. The fraction of sp³-hybridized carbons (Fsp3) is 0.125. The van der Waals surface area contributed by atoms with Gasteiger partial charge in [0.15, 0.2) is 0 Å². The first-order chi connectivity index (χ1) is 11.6. The van der Waals surface area contributed by atoms with Gasteiger partial charge < -0.3 is 10.2 Å². The average Bonchev–Trinajstić information content (AvgIpc) is 3.07. The number of nitrogens with zero attached hydrogens (tertiary/aromatic N) is 3. The summed E-state index contributed by atoms with van der Waals surface area (Å²) in [4.78, 5) is 0. The second kappa shape index (κ2) is 7.75. The predicted molar refractivity (Wildman–Crippen MR) is 95.3 cm³/mol. The molecule has 0 bridgehead atoms. The summed E-state index contributed by atoms with van der Waals surface area (Å²) in [5.41, 5.74) is 4.76. The van der Waals surface area contributed by atoms with Crippen molar-refractivity contribution in [1.82, 2.24) is 14.9 Å². The second-order valence-corrected chi connectivity index (χ2v) is 6.20. The maximum Gasteiger partial charge on any atom is 0.138 e. The molecule has 0 spiro atoms. The third-order valence-electron chi connectivity index (χ3n) is 3.33. The zero-order valence-corrected chi connectivity index (χ0v) is 14.7. The van der Waals surface area contributed by atoms with Gasteiger partial charge in [0.2, 0.25) is 0 Å². The fourth-order valence-corrected chi connectivity index (χ4v) is 2.81. The van der Waals surface area contributed by atoms with Crippen LogP contribution in [-0.4, -0.2) is 14.9 Å². The van der Waals surface area contributed by atoms with Crippen molar-refractivity contribution in [3.8, 4) is 5.75 Å². The quantitative estimate of drug-likeness (QED) is 0.678. The number of hydrogen-bond acceptors (Lipinski definition) is 4. The number of ether oxygens (including phenoxy) is 1. The standard InChI is InChI=1S/C16H13Cl3N4O/c17-12-4-5-16(11(6-12)7-22-23-9-20-21-10-23)24-8-13-14(18)2-1-3-15(13)19/h1-6,9-10,22H,7-8H2. The minimum atomic E-state index is 0.264. The second-order valence-electron chi connectivity index (χ2n) is 4.94. The number of benzene rings is 2. The first-order valence-electron chi connectivity index (χ1n) is 7.06. The van der Waals surface area contributed by atoms with Crippen LogP contribution in [0.5, 0.6) is 5.75 Å². The molecule has 3 aromatic rings. The van der Waals surface area contributed by atoms with Gasteiger partial charge in [-0.2, -0.15) is 0 Å². The van der Waals surface area contributed by atoms with Crippen LogP contribution in [0.3, 0.4) is 0 Å². The van der Waals surface area contributed by atoms with Crippen LogP contribution in [0.25, 0.3) is 0 Å². The van der Waals surface area contributed by atoms with E-state index in [0.29, 0.717) is 27.4 Å². The van der Waals surface area contributed by atoms with E-state index in [1.54, 1.807) is 41.6 Å². The van der Waals surface area contributed by atoms with Crippen molar-refractivity contribution in [3.63, 3.8) is 0 Å². The molecule has 8 heteroatoms. The van der Waals surface area contributed by atoms with Crippen molar-refractivity contribution < 1.29 is 4.74 Å². The maximum absolute atomic E-state index is 6.17. The molecule has 0 amide bonds. The Kier molecular flexibility index (Phi) is 5.45. The highest BCUT2D eigenvalue weighted by atomic mass is 35.5. The smallest absolute Gasteiger partial charge is 0.138 e. The lowest BCUT2D eigenvalue weighted by Crippen LogP contribution is -2.13. The van der Waals surface area contributed by atoms with Gasteiger partial charge in [0, 0.05) is 26.2 Å². The molecule has 3 rings (SSSR count). The SMILES string of the molecule is Clc1ccc(OCc2c(Cl)cccc2Cl)c(CNn2cnnc2)c1. The van der Waals surface area contributed by atoms with Gasteiger partial charge in [-0.3, -0.25) is 0 Å². The third-order valence-corrected chi connectivity index (χ3v) is 4.27. The van der Waals surface area contributed by atoms with Crippen LogP contribution in [0.1, 0.15) is 11.1 Å². The summed E-state index contributed by atoms with van der Waals surface area (Å²) in [6, 6.07) is 10.8. The molecular weight excluding hydrogens is 371 g/mol. The zero-order chi connectivity index (χ0) is 16.9. The van der Waals surface area contributed by atoms with E-state index in [1.165, 1.54) is 0 Å². The normalized spacial score (nSPS) is 10.6. The molecule has 0 aliphatic rings. The highest BCUT2D eigenvalue weighted by molar-refractivity contribution is 6.36. The summed E-state index contributed by atoms with van der Waals surface area (Å²) in [7, 11) is 0. The van der Waals surface area contributed by atoms with Gasteiger partial charge in [0.25, 0.3) is 0 Å². The average molecular weight is 384 g/mol. The summed E-state index contributed by atoms with van der Waals surface area (Å²) >= 11 is 18.4. The lowest BCUT2D eigenvalue weighted by Gasteiger charge is -2.14. The molecule has 0 fully saturated rings. The minimum absolute atomic E-state index is 0.264. The Balaban J connectivity index is 1.75. The van der Waals surface area contributed by atoms with E-state index in [4.69, 9.17) is 39.5 Å². The Morgan fingerprint density at radius 3 is 2.42 bits per heavy atom. The lowest BCUT2D eigenvalue weighted by atomic mass is 10.2. The van der Waals surface area contributed by atoms with Crippen molar-refractivity contribution in [2.75, 3.05) is 5.43 Å². The van der Waals surface area contributed by atoms with Crippen LogP contribution in [0.2, 0.25) is 15.1 Å². The Morgan fingerprint density at radius 1 is 1.00 bits per heavy atom. The van der Waals surface area contributed by atoms with Gasteiger partial charge in [0.05, 0.1) is 6.54 Å². The number of rotatable bonds is 6. The molecule has 0 aliphatic heterocycles. The molecule has 0 aliphatic carbocycles. The van der Waals surface area contributed by atoms with Crippen LogP contribution >= 0.6 is 34.8 Å². The molecule has 0 radical (unpaired) electrons. The molecule has 1 N–H and O–H groups in total. The maximum atomic E-state index is 6.17. The van der Waals surface area contributed by atoms with Crippen LogP contribution < -0.4 is 10.2 Å². The number of nitrogens with one attached hydrogen (secondary N) is 1. The molecule has 0 saturated carbocycles. The van der Waals surface area contributed by atoms with Gasteiger partial charge in [-0.05, 0) is 30.3 Å². The van der Waals surface area contributed by atoms with E-state index >= 15 is 0 Å². The summed E-state index contributed by atoms with van der Waals surface area (Å²) in [6.45, 7) is 0.754. The Morgan fingerprint density at radius 2 is 1.71 bits per heavy atom. The summed E-state index contributed by atoms with van der Waals surface area (Å²) < 4.78 is 7.55. The molecule has 124 valence electrons. The van der Waals surface area contributed by atoms with Gasteiger partial charge >= 0.3 is 0 Å². The van der Waals surface area contributed by atoms with Crippen molar-refractivity contribution >= 4 is 34.8 Å². The summed E-state index contributed by atoms with van der Waals surface area (Å²) in [5, 5.41) is 9.23. The van der Waals surface area contributed by atoms with Crippen LogP contribution in [-0.2, 0) is 13.2 Å². The molecule has 5 nitrogen and oxygen atoms in total. The van der Waals surface area contributed by atoms with Crippen molar-refractivity contribution in [1.29, 1.82) is 0 Å². The van der Waals surface area contributed by atoms with Crippen LogP contribution in [0.15, 0.2) is 49.1 Å². The van der Waals surface area contributed by atoms with E-state index < -0.39 is 0 Å². The fourth-order valence-electron chi connectivity index (χ4n) is 2.11. The summed E-state index contributed by atoms with van der Waals surface area (Å²) in [5.74, 6) is 0.691. The van der Waals surface area contributed by atoms with Crippen molar-refractivity contribution in [3.05, 3.63) is 75.2 Å². The summed E-state index contributed by atoms with van der Waals surface area (Å²) in [6.07, 6.45) is 3.13. The van der Waals surface area contributed by atoms with Crippen molar-refractivity contribution in [2.45, 2.75) is 13.2 Å². The van der Waals surface area contributed by atoms with Gasteiger partial charge in [-0.15, -0.1) is 10.2 Å². The molecular formula is C16H13Cl3N4O. The Hall–Kier alpha value is -1.95. The highest BCUT2D eigenvalue weighted by Gasteiger charge is 2.09. The van der Waals surface area contributed by atoms with E-state index in [0.717, 1.165) is 11.1 Å². The number of halogens is 3. The van der Waals surface area contributed by atoms with Crippen molar-refractivity contribution in [2.24, 2.45) is 0 Å². The molecule has 24 heavy (non-hydrogen) atoms. The highest BCUT2D eigenvalue weighted by Crippen LogP contribution is 2.28. The first-order valence-corrected chi connectivity index (χ1v) is 8.19. The molecule has 2 aromatic carbocycles. The van der Waals surface area contributed by atoms with E-state index in [9.17, 15) is 0 Å². The van der Waals surface area contributed by atoms with Gasteiger partial charge in [-0.1, -0.05) is 40.9 Å². The van der Waals surface area contributed by atoms with E-state index in [1.807, 2.05) is 12.1 Å². The van der Waals surface area contributed by atoms with Crippen LogP contribution in [0, 0.1) is 0 Å². The van der Waals surface area contributed by atoms with Gasteiger partial charge in [-0.25, -0.2) is 4.68 Å². The molecule has 1 heterocycles. The monoisotopic (exact) mass is 382 g/mol. The Bertz CT molecular complexity index is 804. The Labute approximate surface area is 154 Å². The van der Waals surface area contributed by atoms with E-state index in [-0.39, 0.29) is 6.61 Å². The predicted octanol–water partition coefficient (Wildman–Crippen LogP) is 4.56. The van der Waals surface area contributed by atoms with Crippen LogP contribution in [0.4, 0.5) is 0 Å². The van der Waals surface area contributed by atoms with E-state index in [2.05, 4.69) is 15.6 Å². The molecule has 1 aromatic heterocycles. The molecule has 0 unspecified atom stereocenters. The largest absolute Gasteiger partial charge is 0.488 e. The first kappa shape index (κ1) is 16.9. The number of aromatic nitrogens is 3. The van der Waals surface area contributed by atoms with Gasteiger partial charge in [0.1, 0.15) is 25.0 Å². The topological polar surface area (TPSA) is 52.0 Å². The zero-order valence-electron chi connectivity index (χ0n) is 12.4.